The summed E-state index contributed by atoms with van der Waals surface area (Å²) in [5, 5.41) is -0.0545. The molecule has 0 aliphatic rings. The van der Waals surface area contributed by atoms with Crippen molar-refractivity contribution in [1.82, 2.24) is 0 Å². The van der Waals surface area contributed by atoms with Crippen molar-refractivity contribution in [1.29, 1.82) is 0 Å². The van der Waals surface area contributed by atoms with E-state index < -0.39 is 5.24 Å². The van der Waals surface area contributed by atoms with E-state index in [-0.39, 0.29) is 5.41 Å². The number of halogens is 2. The van der Waals surface area contributed by atoms with Crippen LogP contribution in [0.15, 0.2) is 18.2 Å². The first kappa shape index (κ1) is 11.5. The Kier molecular flexibility index (Phi) is 3.23. The fraction of sp³-hybridized carbons (Fsp3) is 0.364. The van der Waals surface area contributed by atoms with Crippen LogP contribution in [0.5, 0.6) is 0 Å². The summed E-state index contributed by atoms with van der Waals surface area (Å²) in [6.07, 6.45) is 0. The topological polar surface area (TPSA) is 17.1 Å². The second-order valence-electron chi connectivity index (χ2n) is 4.19. The van der Waals surface area contributed by atoms with Gasteiger partial charge in [-0.25, -0.2) is 0 Å². The Hall–Kier alpha value is -0.530. The molecule has 0 saturated carbocycles. The number of benzene rings is 1. The summed E-state index contributed by atoms with van der Waals surface area (Å²) >= 11 is 11.5. The van der Waals surface area contributed by atoms with Gasteiger partial charge in [0.25, 0.3) is 5.24 Å². The molecular weight excluding hydrogens is 219 g/mol. The maximum absolute atomic E-state index is 11.0. The molecule has 0 aliphatic heterocycles. The molecule has 76 valence electrons. The van der Waals surface area contributed by atoms with Crippen molar-refractivity contribution in [2.75, 3.05) is 0 Å². The van der Waals surface area contributed by atoms with Crippen molar-refractivity contribution in [2.45, 2.75) is 26.2 Å². The molecule has 0 atom stereocenters. The van der Waals surface area contributed by atoms with Crippen molar-refractivity contribution in [3.05, 3.63) is 34.3 Å². The molecule has 0 amide bonds. The van der Waals surface area contributed by atoms with Gasteiger partial charge in [-0.05, 0) is 28.6 Å². The van der Waals surface area contributed by atoms with Crippen LogP contribution in [0.2, 0.25) is 5.02 Å². The van der Waals surface area contributed by atoms with Gasteiger partial charge in [-0.3, -0.25) is 4.79 Å². The lowest BCUT2D eigenvalue weighted by Crippen LogP contribution is -2.13. The molecule has 1 aromatic carbocycles. The average Bonchev–Trinajstić information content (AvgIpc) is 2.01. The molecule has 0 bridgehead atoms. The Morgan fingerprint density at radius 3 is 2.29 bits per heavy atom. The quantitative estimate of drug-likeness (QED) is 0.667. The second-order valence-corrected chi connectivity index (χ2v) is 4.91. The summed E-state index contributed by atoms with van der Waals surface area (Å²) < 4.78 is 0. The molecule has 0 unspecified atom stereocenters. The molecule has 0 spiro atoms. The normalized spacial score (nSPS) is 11.5. The first-order chi connectivity index (χ1) is 6.34. The van der Waals surface area contributed by atoms with Crippen LogP contribution < -0.4 is 0 Å². The van der Waals surface area contributed by atoms with Gasteiger partial charge in [-0.15, -0.1) is 0 Å². The molecule has 14 heavy (non-hydrogen) atoms. The molecule has 1 aromatic rings. The molecule has 0 aromatic heterocycles. The summed E-state index contributed by atoms with van der Waals surface area (Å²) in [4.78, 5) is 11.0. The Balaban J connectivity index is 3.35. The maximum atomic E-state index is 11.0. The van der Waals surface area contributed by atoms with Gasteiger partial charge in [-0.1, -0.05) is 44.5 Å². The van der Waals surface area contributed by atoms with Gasteiger partial charge in [0.2, 0.25) is 0 Å². The van der Waals surface area contributed by atoms with Crippen LogP contribution in [0.25, 0.3) is 0 Å². The van der Waals surface area contributed by atoms with Crippen molar-refractivity contribution in [3.63, 3.8) is 0 Å². The molecule has 0 radical (unpaired) electrons. The van der Waals surface area contributed by atoms with Gasteiger partial charge in [0.1, 0.15) is 0 Å². The highest BCUT2D eigenvalue weighted by atomic mass is 35.5. The van der Waals surface area contributed by atoms with E-state index in [0.29, 0.717) is 10.6 Å². The van der Waals surface area contributed by atoms with E-state index in [2.05, 4.69) is 0 Å². The lowest BCUT2D eigenvalue weighted by molar-refractivity contribution is 0.108. The minimum absolute atomic E-state index is 0.0839. The SMILES string of the molecule is CC(C)(C)c1cccc(C(=O)Cl)c1Cl. The van der Waals surface area contributed by atoms with Crippen LogP contribution in [-0.4, -0.2) is 5.24 Å². The third kappa shape index (κ3) is 2.28. The van der Waals surface area contributed by atoms with Crippen molar-refractivity contribution >= 4 is 28.4 Å². The standard InChI is InChI=1S/C11H12Cl2O/c1-11(2,3)8-6-4-5-7(9(8)12)10(13)14/h4-6H,1-3H3. The fourth-order valence-electron chi connectivity index (χ4n) is 1.26. The highest BCUT2D eigenvalue weighted by Crippen LogP contribution is 2.32. The molecule has 0 saturated heterocycles. The number of hydrogen-bond donors (Lipinski definition) is 0. The summed E-state index contributed by atoms with van der Waals surface area (Å²) in [5.74, 6) is 0. The molecule has 0 N–H and O–H groups in total. The Labute approximate surface area is 94.0 Å². The van der Waals surface area contributed by atoms with Gasteiger partial charge in [0, 0.05) is 0 Å². The van der Waals surface area contributed by atoms with Crippen LogP contribution in [0.3, 0.4) is 0 Å². The Morgan fingerprint density at radius 2 is 1.86 bits per heavy atom. The van der Waals surface area contributed by atoms with Gasteiger partial charge in [0.05, 0.1) is 10.6 Å². The van der Waals surface area contributed by atoms with E-state index >= 15 is 0 Å². The van der Waals surface area contributed by atoms with Gasteiger partial charge in [-0.2, -0.15) is 0 Å². The second kappa shape index (κ2) is 3.92. The Bertz CT molecular complexity index is 364. The number of carbonyl (C=O) groups is 1. The average molecular weight is 231 g/mol. The number of carbonyl (C=O) groups excluding carboxylic acids is 1. The minimum atomic E-state index is -0.513. The predicted molar refractivity (Wildman–Crippen MR) is 60.3 cm³/mol. The van der Waals surface area contributed by atoms with E-state index in [1.165, 1.54) is 0 Å². The number of hydrogen-bond acceptors (Lipinski definition) is 1. The molecule has 0 aliphatic carbocycles. The van der Waals surface area contributed by atoms with Crippen LogP contribution in [0.4, 0.5) is 0 Å². The van der Waals surface area contributed by atoms with Gasteiger partial charge >= 0.3 is 0 Å². The van der Waals surface area contributed by atoms with Crippen LogP contribution >= 0.6 is 23.2 Å². The third-order valence-corrected chi connectivity index (χ3v) is 2.63. The highest BCUT2D eigenvalue weighted by molar-refractivity contribution is 6.68. The largest absolute Gasteiger partial charge is 0.276 e. The van der Waals surface area contributed by atoms with E-state index in [1.807, 2.05) is 26.8 Å². The zero-order valence-corrected chi connectivity index (χ0v) is 9.91. The lowest BCUT2D eigenvalue weighted by atomic mass is 9.86. The van der Waals surface area contributed by atoms with Crippen LogP contribution in [-0.2, 0) is 5.41 Å². The van der Waals surface area contributed by atoms with Crippen LogP contribution in [0, 0.1) is 0 Å². The van der Waals surface area contributed by atoms with E-state index in [1.54, 1.807) is 12.1 Å². The monoisotopic (exact) mass is 230 g/mol. The van der Waals surface area contributed by atoms with Crippen LogP contribution in [0.1, 0.15) is 36.7 Å². The molecular formula is C11H12Cl2O. The van der Waals surface area contributed by atoms with Gasteiger partial charge in [0.15, 0.2) is 0 Å². The highest BCUT2D eigenvalue weighted by Gasteiger charge is 2.20. The third-order valence-electron chi connectivity index (χ3n) is 2.02. The summed E-state index contributed by atoms with van der Waals surface area (Å²) in [7, 11) is 0. The summed E-state index contributed by atoms with van der Waals surface area (Å²) in [6, 6.07) is 5.33. The molecule has 3 heteroatoms. The van der Waals surface area contributed by atoms with Crippen molar-refractivity contribution in [3.8, 4) is 0 Å². The smallest absolute Gasteiger partial charge is 0.253 e. The van der Waals surface area contributed by atoms with E-state index in [4.69, 9.17) is 23.2 Å². The fourth-order valence-corrected chi connectivity index (χ4v) is 1.96. The molecule has 0 fully saturated rings. The lowest BCUT2D eigenvalue weighted by Gasteiger charge is -2.21. The number of rotatable bonds is 1. The molecule has 1 nitrogen and oxygen atoms in total. The zero-order valence-electron chi connectivity index (χ0n) is 8.40. The van der Waals surface area contributed by atoms with Crippen molar-refractivity contribution < 1.29 is 4.79 Å². The Morgan fingerprint density at radius 1 is 1.29 bits per heavy atom. The van der Waals surface area contributed by atoms with Gasteiger partial charge < -0.3 is 0 Å². The minimum Gasteiger partial charge on any atom is -0.276 e. The zero-order chi connectivity index (χ0) is 10.9. The van der Waals surface area contributed by atoms with E-state index in [9.17, 15) is 4.79 Å². The first-order valence-electron chi connectivity index (χ1n) is 4.33. The van der Waals surface area contributed by atoms with Crippen molar-refractivity contribution in [2.24, 2.45) is 0 Å². The maximum Gasteiger partial charge on any atom is 0.253 e. The molecule has 1 rings (SSSR count). The summed E-state index contributed by atoms with van der Waals surface area (Å²) in [6.45, 7) is 6.12. The predicted octanol–water partition coefficient (Wildman–Crippen LogP) is 4.02. The van der Waals surface area contributed by atoms with E-state index in [0.717, 1.165) is 5.56 Å². The first-order valence-corrected chi connectivity index (χ1v) is 5.08. The molecule has 0 heterocycles. The summed E-state index contributed by atoms with van der Waals surface area (Å²) in [5.41, 5.74) is 1.23.